The van der Waals surface area contributed by atoms with E-state index in [0.717, 1.165) is 54.8 Å². The van der Waals surface area contributed by atoms with Gasteiger partial charge in [-0.2, -0.15) is 0 Å². The summed E-state index contributed by atoms with van der Waals surface area (Å²) < 4.78 is 5.29. The lowest BCUT2D eigenvalue weighted by atomic mass is 10.1. The summed E-state index contributed by atoms with van der Waals surface area (Å²) in [6, 6.07) is 8.22. The van der Waals surface area contributed by atoms with Gasteiger partial charge in [0.15, 0.2) is 0 Å². The summed E-state index contributed by atoms with van der Waals surface area (Å²) in [6.45, 7) is 6.04. The molecule has 4 rings (SSSR count). The number of ether oxygens (including phenoxy) is 1. The van der Waals surface area contributed by atoms with E-state index in [1.807, 2.05) is 19.1 Å². The first kappa shape index (κ1) is 16.3. The van der Waals surface area contributed by atoms with Crippen molar-refractivity contribution in [3.63, 3.8) is 0 Å². The number of aryl methyl sites for hydroxylation is 1. The van der Waals surface area contributed by atoms with Crippen LogP contribution < -0.4 is 15.0 Å². The number of anilines is 1. The highest BCUT2D eigenvalue weighted by Crippen LogP contribution is 2.38. The number of rotatable bonds is 3. The van der Waals surface area contributed by atoms with Crippen LogP contribution in [0.15, 0.2) is 29.6 Å². The van der Waals surface area contributed by atoms with Gasteiger partial charge >= 0.3 is 0 Å². The zero-order chi connectivity index (χ0) is 17.2. The summed E-state index contributed by atoms with van der Waals surface area (Å²) in [7, 11) is 1.69. The van der Waals surface area contributed by atoms with Gasteiger partial charge in [0.2, 0.25) is 0 Å². The van der Waals surface area contributed by atoms with Gasteiger partial charge in [0, 0.05) is 30.6 Å². The fourth-order valence-corrected chi connectivity index (χ4v) is 4.28. The quantitative estimate of drug-likeness (QED) is 0.780. The molecule has 3 heterocycles. The van der Waals surface area contributed by atoms with Gasteiger partial charge in [-0.3, -0.25) is 0 Å². The van der Waals surface area contributed by atoms with Crippen molar-refractivity contribution < 1.29 is 4.74 Å². The Morgan fingerprint density at radius 1 is 1.12 bits per heavy atom. The maximum atomic E-state index is 5.29. The molecule has 6 heteroatoms. The summed E-state index contributed by atoms with van der Waals surface area (Å²) >= 11 is 1.69. The van der Waals surface area contributed by atoms with Crippen LogP contribution in [0.4, 0.5) is 5.82 Å². The number of nitrogens with one attached hydrogen (secondary N) is 1. The Morgan fingerprint density at radius 3 is 2.76 bits per heavy atom. The molecule has 3 aromatic rings. The molecule has 0 radical (unpaired) electrons. The summed E-state index contributed by atoms with van der Waals surface area (Å²) in [5.74, 6) is 2.77. The number of thiophene rings is 1. The second-order valence-electron chi connectivity index (χ2n) is 6.24. The highest BCUT2D eigenvalue weighted by atomic mass is 32.1. The Labute approximate surface area is 151 Å². The van der Waals surface area contributed by atoms with Crippen LogP contribution in [0.1, 0.15) is 12.2 Å². The molecule has 1 aromatic carbocycles. The molecule has 130 valence electrons. The average Bonchev–Trinajstić information content (AvgIpc) is 2.87. The number of nitrogens with zero attached hydrogens (tertiary/aromatic N) is 3. The van der Waals surface area contributed by atoms with E-state index < -0.39 is 0 Å². The molecule has 1 saturated heterocycles. The molecule has 0 aliphatic carbocycles. The van der Waals surface area contributed by atoms with Crippen molar-refractivity contribution in [3.05, 3.63) is 35.5 Å². The van der Waals surface area contributed by atoms with E-state index >= 15 is 0 Å². The van der Waals surface area contributed by atoms with Crippen LogP contribution in [0.2, 0.25) is 0 Å². The van der Waals surface area contributed by atoms with Crippen molar-refractivity contribution in [2.45, 2.75) is 13.3 Å². The molecule has 1 aliphatic rings. The van der Waals surface area contributed by atoms with Crippen LogP contribution >= 0.6 is 11.3 Å². The molecular weight excluding hydrogens is 332 g/mol. The van der Waals surface area contributed by atoms with Crippen molar-refractivity contribution in [3.8, 4) is 16.9 Å². The van der Waals surface area contributed by atoms with E-state index in [1.165, 1.54) is 16.5 Å². The Kier molecular flexibility index (Phi) is 4.55. The third kappa shape index (κ3) is 3.19. The van der Waals surface area contributed by atoms with Crippen molar-refractivity contribution >= 4 is 27.4 Å². The molecule has 0 unspecified atom stereocenters. The standard InChI is InChI=1S/C19H22N4OS/c1-13-21-18(23-10-3-8-20-9-11-23)17-16(12-25-19(17)22-13)14-4-6-15(24-2)7-5-14/h4-7,12,20H,3,8-11H2,1-2H3. The van der Waals surface area contributed by atoms with E-state index in [0.29, 0.717) is 0 Å². The number of benzene rings is 1. The van der Waals surface area contributed by atoms with E-state index in [-0.39, 0.29) is 0 Å². The molecule has 25 heavy (non-hydrogen) atoms. The molecule has 5 nitrogen and oxygen atoms in total. The van der Waals surface area contributed by atoms with Gasteiger partial charge in [-0.1, -0.05) is 12.1 Å². The normalized spacial score (nSPS) is 15.4. The minimum atomic E-state index is 0.836. The largest absolute Gasteiger partial charge is 0.497 e. The maximum Gasteiger partial charge on any atom is 0.141 e. The summed E-state index contributed by atoms with van der Waals surface area (Å²) in [5.41, 5.74) is 2.38. The molecule has 1 aliphatic heterocycles. The predicted molar refractivity (Wildman–Crippen MR) is 104 cm³/mol. The van der Waals surface area contributed by atoms with Crippen LogP contribution in [-0.2, 0) is 0 Å². The Morgan fingerprint density at radius 2 is 1.96 bits per heavy atom. The molecule has 0 saturated carbocycles. The fraction of sp³-hybridized carbons (Fsp3) is 0.368. The number of methoxy groups -OCH3 is 1. The smallest absolute Gasteiger partial charge is 0.141 e. The van der Waals surface area contributed by atoms with Crippen molar-refractivity contribution in [2.24, 2.45) is 0 Å². The van der Waals surface area contributed by atoms with E-state index in [2.05, 4.69) is 32.7 Å². The lowest BCUT2D eigenvalue weighted by molar-refractivity contribution is 0.415. The second-order valence-corrected chi connectivity index (χ2v) is 7.10. The molecule has 0 atom stereocenters. The van der Waals surface area contributed by atoms with Gasteiger partial charge in [-0.15, -0.1) is 11.3 Å². The van der Waals surface area contributed by atoms with Crippen molar-refractivity contribution in [2.75, 3.05) is 38.2 Å². The number of fused-ring (bicyclic) bond motifs is 1. The average molecular weight is 354 g/mol. The zero-order valence-electron chi connectivity index (χ0n) is 14.6. The van der Waals surface area contributed by atoms with Crippen LogP contribution in [0.3, 0.4) is 0 Å². The molecule has 0 spiro atoms. The Bertz CT molecular complexity index is 867. The van der Waals surface area contributed by atoms with E-state index in [9.17, 15) is 0 Å². The van der Waals surface area contributed by atoms with E-state index in [1.54, 1.807) is 18.4 Å². The number of aromatic nitrogens is 2. The molecular formula is C19H22N4OS. The first-order chi connectivity index (χ1) is 12.3. The summed E-state index contributed by atoms with van der Waals surface area (Å²) in [5, 5.41) is 6.83. The third-order valence-corrected chi connectivity index (χ3v) is 5.44. The molecule has 1 N–H and O–H groups in total. The van der Waals surface area contributed by atoms with Crippen molar-refractivity contribution in [1.29, 1.82) is 0 Å². The van der Waals surface area contributed by atoms with Crippen LogP contribution in [0, 0.1) is 6.92 Å². The van der Waals surface area contributed by atoms with Gasteiger partial charge in [0.1, 0.15) is 22.2 Å². The van der Waals surface area contributed by atoms with Crippen LogP contribution in [-0.4, -0.2) is 43.3 Å². The van der Waals surface area contributed by atoms with Gasteiger partial charge in [0.05, 0.1) is 12.5 Å². The third-order valence-electron chi connectivity index (χ3n) is 4.57. The minimum Gasteiger partial charge on any atom is -0.497 e. The highest BCUT2D eigenvalue weighted by molar-refractivity contribution is 7.17. The first-order valence-corrected chi connectivity index (χ1v) is 9.50. The molecule has 0 amide bonds. The van der Waals surface area contributed by atoms with Gasteiger partial charge in [-0.25, -0.2) is 9.97 Å². The zero-order valence-corrected chi connectivity index (χ0v) is 15.4. The molecule has 0 bridgehead atoms. The Balaban J connectivity index is 1.85. The summed E-state index contributed by atoms with van der Waals surface area (Å²) in [4.78, 5) is 13.0. The van der Waals surface area contributed by atoms with Crippen LogP contribution in [0.25, 0.3) is 21.3 Å². The highest BCUT2D eigenvalue weighted by Gasteiger charge is 2.20. The first-order valence-electron chi connectivity index (χ1n) is 8.62. The second kappa shape index (κ2) is 6.98. The molecule has 1 fully saturated rings. The summed E-state index contributed by atoms with van der Waals surface area (Å²) in [6.07, 6.45) is 1.13. The number of hydrogen-bond donors (Lipinski definition) is 1. The topological polar surface area (TPSA) is 50.3 Å². The SMILES string of the molecule is COc1ccc(-c2csc3nc(C)nc(N4CCCNCC4)c23)cc1. The minimum absolute atomic E-state index is 0.836. The Hall–Kier alpha value is -2.18. The number of hydrogen-bond acceptors (Lipinski definition) is 6. The van der Waals surface area contributed by atoms with E-state index in [4.69, 9.17) is 9.72 Å². The fourth-order valence-electron chi connectivity index (χ4n) is 3.30. The monoisotopic (exact) mass is 354 g/mol. The van der Waals surface area contributed by atoms with Crippen LogP contribution in [0.5, 0.6) is 5.75 Å². The predicted octanol–water partition coefficient (Wildman–Crippen LogP) is 3.48. The van der Waals surface area contributed by atoms with Gasteiger partial charge in [0.25, 0.3) is 0 Å². The lowest BCUT2D eigenvalue weighted by Crippen LogP contribution is -2.29. The van der Waals surface area contributed by atoms with Gasteiger partial charge < -0.3 is 15.0 Å². The van der Waals surface area contributed by atoms with Crippen molar-refractivity contribution in [1.82, 2.24) is 15.3 Å². The molecule has 2 aromatic heterocycles. The lowest BCUT2D eigenvalue weighted by Gasteiger charge is -2.22. The maximum absolute atomic E-state index is 5.29. The van der Waals surface area contributed by atoms with Gasteiger partial charge in [-0.05, 0) is 37.6 Å².